The lowest BCUT2D eigenvalue weighted by molar-refractivity contribution is -0.134. The van der Waals surface area contributed by atoms with Crippen molar-refractivity contribution in [1.29, 1.82) is 0 Å². The molecular weight excluding hydrogens is 603 g/mol. The molecule has 2 heterocycles. The molecule has 0 spiro atoms. The third-order valence-corrected chi connectivity index (χ3v) is 8.90. The number of piperazine rings is 1. The molecule has 0 unspecified atom stereocenters. The highest BCUT2D eigenvalue weighted by molar-refractivity contribution is 6.00. The Morgan fingerprint density at radius 3 is 2.21 bits per heavy atom. The predicted molar refractivity (Wildman–Crippen MR) is 178 cm³/mol. The van der Waals surface area contributed by atoms with Gasteiger partial charge in [-0.2, -0.15) is 5.10 Å². The molecule has 2 aliphatic rings. The first-order valence-corrected chi connectivity index (χ1v) is 16.9. The minimum absolute atomic E-state index is 0.0219. The third kappa shape index (κ3) is 9.99. The van der Waals surface area contributed by atoms with Crippen LogP contribution in [0.2, 0.25) is 0 Å². The molecule has 1 aliphatic heterocycles. The second-order valence-corrected chi connectivity index (χ2v) is 13.4. The summed E-state index contributed by atoms with van der Waals surface area (Å²) in [6.45, 7) is 10.0. The molecule has 5 amide bonds. The van der Waals surface area contributed by atoms with Crippen LogP contribution in [0.5, 0.6) is 0 Å². The average Bonchev–Trinajstić information content (AvgIpc) is 3.37. The lowest BCUT2D eigenvalue weighted by Gasteiger charge is -2.35. The van der Waals surface area contributed by atoms with Crippen molar-refractivity contribution in [2.24, 2.45) is 5.92 Å². The van der Waals surface area contributed by atoms with E-state index in [9.17, 15) is 19.2 Å². The molecule has 1 aromatic heterocycles. The predicted octanol–water partition coefficient (Wildman–Crippen LogP) is 3.70. The number of halogens is 1. The van der Waals surface area contributed by atoms with Gasteiger partial charge in [0.2, 0.25) is 11.8 Å². The van der Waals surface area contributed by atoms with Gasteiger partial charge in [0, 0.05) is 50.9 Å². The smallest absolute Gasteiger partial charge is 0.315 e. The fourth-order valence-corrected chi connectivity index (χ4v) is 6.31. The van der Waals surface area contributed by atoms with E-state index in [1.807, 2.05) is 34.7 Å². The van der Waals surface area contributed by atoms with Crippen molar-refractivity contribution in [2.75, 3.05) is 38.5 Å². The SMILES string of the molecule is CC(C)NC(=O)N[C@H](Cc1ccc(NC(=O)[C@@H](NC(=O)c2ccnn2C(C)C)C2CCCCCC2)c(F)c1)C(=O)N1CCN(C)CC1. The summed E-state index contributed by atoms with van der Waals surface area (Å²) in [7, 11) is 1.99. The lowest BCUT2D eigenvalue weighted by atomic mass is 9.91. The molecule has 2 aromatic rings. The van der Waals surface area contributed by atoms with Gasteiger partial charge < -0.3 is 31.1 Å². The van der Waals surface area contributed by atoms with Gasteiger partial charge in [-0.05, 0) is 77.3 Å². The summed E-state index contributed by atoms with van der Waals surface area (Å²) in [6.07, 6.45) is 7.24. The third-order valence-electron chi connectivity index (χ3n) is 8.90. The number of urea groups is 1. The number of benzene rings is 1. The average molecular weight is 655 g/mol. The van der Waals surface area contributed by atoms with E-state index in [0.717, 1.165) is 51.6 Å². The fourth-order valence-electron chi connectivity index (χ4n) is 6.31. The summed E-state index contributed by atoms with van der Waals surface area (Å²) >= 11 is 0. The van der Waals surface area contributed by atoms with E-state index in [1.165, 1.54) is 12.1 Å². The van der Waals surface area contributed by atoms with Crippen LogP contribution in [0.3, 0.4) is 0 Å². The zero-order chi connectivity index (χ0) is 34.1. The van der Waals surface area contributed by atoms with Crippen LogP contribution in [0.4, 0.5) is 14.9 Å². The summed E-state index contributed by atoms with van der Waals surface area (Å²) < 4.78 is 17.2. The molecule has 0 bridgehead atoms. The monoisotopic (exact) mass is 654 g/mol. The molecule has 2 atom stereocenters. The van der Waals surface area contributed by atoms with Crippen LogP contribution in [0, 0.1) is 11.7 Å². The Balaban J connectivity index is 1.50. The quantitative estimate of drug-likeness (QED) is 0.273. The van der Waals surface area contributed by atoms with Crippen molar-refractivity contribution in [3.8, 4) is 0 Å². The van der Waals surface area contributed by atoms with E-state index < -0.39 is 35.7 Å². The van der Waals surface area contributed by atoms with E-state index in [0.29, 0.717) is 24.3 Å². The number of nitrogens with one attached hydrogen (secondary N) is 4. The zero-order valence-electron chi connectivity index (χ0n) is 28.4. The maximum atomic E-state index is 15.6. The first-order chi connectivity index (χ1) is 22.4. The van der Waals surface area contributed by atoms with Gasteiger partial charge in [0.1, 0.15) is 23.6 Å². The largest absolute Gasteiger partial charge is 0.339 e. The Bertz CT molecular complexity index is 1380. The summed E-state index contributed by atoms with van der Waals surface area (Å²) in [5, 5.41) is 15.4. The molecule has 1 saturated carbocycles. The van der Waals surface area contributed by atoms with E-state index in [1.54, 1.807) is 27.9 Å². The first-order valence-electron chi connectivity index (χ1n) is 16.9. The molecule has 1 aromatic carbocycles. The van der Waals surface area contributed by atoms with Crippen LogP contribution in [0.1, 0.15) is 88.3 Å². The minimum Gasteiger partial charge on any atom is -0.339 e. The van der Waals surface area contributed by atoms with Crippen molar-refractivity contribution in [3.05, 3.63) is 47.5 Å². The van der Waals surface area contributed by atoms with Crippen LogP contribution in [0.15, 0.2) is 30.5 Å². The number of aromatic nitrogens is 2. The van der Waals surface area contributed by atoms with Crippen molar-refractivity contribution in [3.63, 3.8) is 0 Å². The minimum atomic E-state index is -0.897. The number of likely N-dealkylation sites (N-methyl/N-ethyl adjacent to an activating group) is 1. The van der Waals surface area contributed by atoms with Gasteiger partial charge in [-0.15, -0.1) is 0 Å². The summed E-state index contributed by atoms with van der Waals surface area (Å²) in [4.78, 5) is 57.0. The normalized spacial score (nSPS) is 17.6. The molecule has 4 N–H and O–H groups in total. The molecule has 258 valence electrons. The van der Waals surface area contributed by atoms with Crippen LogP contribution in [0.25, 0.3) is 0 Å². The van der Waals surface area contributed by atoms with Crippen molar-refractivity contribution in [2.45, 2.75) is 96.8 Å². The topological polar surface area (TPSA) is 141 Å². The fraction of sp³-hybridized carbons (Fsp3) is 0.618. The molecule has 13 heteroatoms. The van der Waals surface area contributed by atoms with Crippen LogP contribution >= 0.6 is 0 Å². The Morgan fingerprint density at radius 2 is 1.60 bits per heavy atom. The molecule has 1 aliphatic carbocycles. The number of rotatable bonds is 11. The van der Waals surface area contributed by atoms with Gasteiger partial charge >= 0.3 is 6.03 Å². The van der Waals surface area contributed by atoms with Crippen molar-refractivity contribution < 1.29 is 23.6 Å². The number of carbonyl (C=O) groups is 4. The van der Waals surface area contributed by atoms with Crippen LogP contribution in [-0.2, 0) is 16.0 Å². The second-order valence-electron chi connectivity index (χ2n) is 13.4. The van der Waals surface area contributed by atoms with E-state index in [2.05, 4.69) is 31.3 Å². The highest BCUT2D eigenvalue weighted by Gasteiger charge is 2.33. The maximum Gasteiger partial charge on any atom is 0.315 e. The van der Waals surface area contributed by atoms with E-state index in [-0.39, 0.29) is 36.0 Å². The van der Waals surface area contributed by atoms with Gasteiger partial charge in [0.25, 0.3) is 5.91 Å². The Kier molecular flexibility index (Phi) is 12.7. The summed E-state index contributed by atoms with van der Waals surface area (Å²) in [5.41, 5.74) is 0.831. The Labute approximate surface area is 277 Å². The molecule has 2 fully saturated rings. The highest BCUT2D eigenvalue weighted by Crippen LogP contribution is 2.27. The molecular formula is C34H51FN8O4. The molecule has 4 rings (SSSR count). The molecule has 1 saturated heterocycles. The Hall–Kier alpha value is -4.00. The maximum absolute atomic E-state index is 15.6. The van der Waals surface area contributed by atoms with Crippen molar-refractivity contribution >= 4 is 29.4 Å². The summed E-state index contributed by atoms with van der Waals surface area (Å²) in [5.74, 6) is -1.87. The summed E-state index contributed by atoms with van der Waals surface area (Å²) in [6, 6.07) is 3.62. The number of amides is 5. The number of carbonyl (C=O) groups excluding carboxylic acids is 4. The van der Waals surface area contributed by atoms with E-state index in [4.69, 9.17) is 0 Å². The number of hydrogen-bond donors (Lipinski definition) is 4. The molecule has 47 heavy (non-hydrogen) atoms. The number of hydrogen-bond acceptors (Lipinski definition) is 6. The van der Waals surface area contributed by atoms with E-state index >= 15 is 4.39 Å². The van der Waals surface area contributed by atoms with Gasteiger partial charge in [-0.25, -0.2) is 9.18 Å². The Morgan fingerprint density at radius 1 is 0.915 bits per heavy atom. The van der Waals surface area contributed by atoms with Gasteiger partial charge in [-0.3, -0.25) is 19.1 Å². The number of anilines is 1. The molecule has 0 radical (unpaired) electrons. The van der Waals surface area contributed by atoms with Gasteiger partial charge in [-0.1, -0.05) is 31.7 Å². The molecule has 12 nitrogen and oxygen atoms in total. The zero-order valence-corrected chi connectivity index (χ0v) is 28.4. The van der Waals surface area contributed by atoms with Gasteiger partial charge in [0.15, 0.2) is 0 Å². The standard InChI is InChI=1S/C34H51FN8O4/c1-22(2)37-34(47)39-28(33(46)42-18-16-41(5)17-19-42)21-24-12-13-27(26(35)20-24)38-32(45)30(25-10-8-6-7-9-11-25)40-31(44)29-14-15-36-43(29)23(3)4/h12-15,20,22-23,25,28,30H,6-11,16-19,21H2,1-5H3,(H,38,45)(H,40,44)(H2,37,39,47)/t28-,30+/m1/s1. The lowest BCUT2D eigenvalue weighted by Crippen LogP contribution is -2.56. The highest BCUT2D eigenvalue weighted by atomic mass is 19.1. The van der Waals surface area contributed by atoms with Gasteiger partial charge in [0.05, 0.1) is 5.69 Å². The van der Waals surface area contributed by atoms with Crippen LogP contribution in [-0.4, -0.2) is 94.7 Å². The van der Waals surface area contributed by atoms with Crippen LogP contribution < -0.4 is 21.3 Å². The van der Waals surface area contributed by atoms with Crippen molar-refractivity contribution in [1.82, 2.24) is 35.5 Å². The first kappa shape index (κ1) is 35.8. The number of nitrogens with zero attached hydrogens (tertiary/aromatic N) is 4. The second kappa shape index (κ2) is 16.7.